The predicted molar refractivity (Wildman–Crippen MR) is 47.6 cm³/mol. The van der Waals surface area contributed by atoms with Crippen LogP contribution in [0, 0.1) is 0 Å². The van der Waals surface area contributed by atoms with Crippen LogP contribution in [0.2, 0.25) is 0 Å². The number of aromatic nitrogens is 1. The van der Waals surface area contributed by atoms with E-state index in [2.05, 4.69) is 4.98 Å². The van der Waals surface area contributed by atoms with Gasteiger partial charge in [0.2, 0.25) is 9.05 Å². The number of rotatable bonds is 3. The van der Waals surface area contributed by atoms with E-state index in [1.807, 2.05) is 6.07 Å². The summed E-state index contributed by atoms with van der Waals surface area (Å²) in [6, 6.07) is 3.57. The third-order valence-corrected chi connectivity index (χ3v) is 2.51. The van der Waals surface area contributed by atoms with E-state index in [-0.39, 0.29) is 5.75 Å². The molecule has 1 heterocycles. The van der Waals surface area contributed by atoms with Crippen molar-refractivity contribution in [2.45, 2.75) is 6.42 Å². The van der Waals surface area contributed by atoms with Crippen molar-refractivity contribution in [2.75, 3.05) is 5.75 Å². The van der Waals surface area contributed by atoms with Crippen molar-refractivity contribution in [1.29, 1.82) is 0 Å². The molecule has 3 nitrogen and oxygen atoms in total. The van der Waals surface area contributed by atoms with Crippen LogP contribution in [0.1, 0.15) is 5.56 Å². The normalized spacial score (nSPS) is 11.4. The van der Waals surface area contributed by atoms with E-state index >= 15 is 0 Å². The summed E-state index contributed by atoms with van der Waals surface area (Å²) in [5, 5.41) is 0. The van der Waals surface area contributed by atoms with Crippen molar-refractivity contribution < 1.29 is 8.42 Å². The van der Waals surface area contributed by atoms with Crippen molar-refractivity contribution in [3.63, 3.8) is 0 Å². The summed E-state index contributed by atoms with van der Waals surface area (Å²) in [4.78, 5) is 3.85. The largest absolute Gasteiger partial charge is 0.264 e. The number of pyridine rings is 1. The van der Waals surface area contributed by atoms with Crippen LogP contribution in [0.5, 0.6) is 0 Å². The van der Waals surface area contributed by atoms with E-state index in [1.165, 1.54) is 0 Å². The van der Waals surface area contributed by atoms with Gasteiger partial charge in [0, 0.05) is 23.1 Å². The SMILES string of the molecule is O=S(=O)(Cl)CCc1cccnc1. The number of hydrogen-bond donors (Lipinski definition) is 0. The number of hydrogen-bond acceptors (Lipinski definition) is 3. The van der Waals surface area contributed by atoms with Gasteiger partial charge in [-0.1, -0.05) is 6.07 Å². The molecule has 0 aromatic carbocycles. The second-order valence-corrected chi connectivity index (χ2v) is 5.25. The molecule has 0 radical (unpaired) electrons. The van der Waals surface area contributed by atoms with Crippen LogP contribution < -0.4 is 0 Å². The highest BCUT2D eigenvalue weighted by molar-refractivity contribution is 8.13. The van der Waals surface area contributed by atoms with Crippen molar-refractivity contribution in [1.82, 2.24) is 4.98 Å². The zero-order chi connectivity index (χ0) is 9.03. The summed E-state index contributed by atoms with van der Waals surface area (Å²) in [6.07, 6.45) is 3.68. The number of aryl methyl sites for hydroxylation is 1. The Balaban J connectivity index is 2.56. The summed E-state index contributed by atoms with van der Waals surface area (Å²) < 4.78 is 21.1. The van der Waals surface area contributed by atoms with Gasteiger partial charge in [0.05, 0.1) is 5.75 Å². The quantitative estimate of drug-likeness (QED) is 0.697. The van der Waals surface area contributed by atoms with Gasteiger partial charge in [-0.3, -0.25) is 4.98 Å². The van der Waals surface area contributed by atoms with Crippen molar-refractivity contribution >= 4 is 19.7 Å². The van der Waals surface area contributed by atoms with E-state index in [0.717, 1.165) is 5.56 Å². The van der Waals surface area contributed by atoms with Crippen LogP contribution in [0.3, 0.4) is 0 Å². The van der Waals surface area contributed by atoms with Gasteiger partial charge < -0.3 is 0 Å². The molecule has 0 amide bonds. The summed E-state index contributed by atoms with van der Waals surface area (Å²) in [6.45, 7) is 0. The fourth-order valence-electron chi connectivity index (χ4n) is 0.786. The molecular formula is C7H8ClNO2S. The Morgan fingerprint density at radius 3 is 2.75 bits per heavy atom. The lowest BCUT2D eigenvalue weighted by Crippen LogP contribution is -2.00. The molecule has 0 saturated heterocycles. The maximum Gasteiger partial charge on any atom is 0.232 e. The molecule has 0 atom stereocenters. The Morgan fingerprint density at radius 2 is 2.25 bits per heavy atom. The zero-order valence-corrected chi connectivity index (χ0v) is 7.85. The predicted octanol–water partition coefficient (Wildman–Crippen LogP) is 1.19. The molecule has 0 saturated carbocycles. The second kappa shape index (κ2) is 3.87. The molecule has 0 spiro atoms. The molecule has 5 heteroatoms. The van der Waals surface area contributed by atoms with Gasteiger partial charge >= 0.3 is 0 Å². The maximum atomic E-state index is 10.5. The lowest BCUT2D eigenvalue weighted by atomic mass is 10.2. The lowest BCUT2D eigenvalue weighted by Gasteiger charge is -1.96. The average molecular weight is 206 g/mol. The van der Waals surface area contributed by atoms with Gasteiger partial charge in [-0.15, -0.1) is 0 Å². The molecule has 12 heavy (non-hydrogen) atoms. The fraction of sp³-hybridized carbons (Fsp3) is 0.286. The number of halogens is 1. The van der Waals surface area contributed by atoms with Crippen molar-refractivity contribution in [3.05, 3.63) is 30.1 Å². The lowest BCUT2D eigenvalue weighted by molar-refractivity contribution is 0.609. The van der Waals surface area contributed by atoms with Crippen LogP contribution in [0.15, 0.2) is 24.5 Å². The van der Waals surface area contributed by atoms with Crippen LogP contribution >= 0.6 is 10.7 Å². The zero-order valence-electron chi connectivity index (χ0n) is 6.27. The first-order chi connectivity index (χ1) is 5.58. The monoisotopic (exact) mass is 205 g/mol. The average Bonchev–Trinajstić information content (AvgIpc) is 2.02. The Kier molecular flexibility index (Phi) is 3.05. The van der Waals surface area contributed by atoms with Gasteiger partial charge in [-0.2, -0.15) is 0 Å². The molecular weight excluding hydrogens is 198 g/mol. The first-order valence-electron chi connectivity index (χ1n) is 3.39. The first-order valence-corrected chi connectivity index (χ1v) is 5.87. The molecule has 0 aliphatic carbocycles. The summed E-state index contributed by atoms with van der Waals surface area (Å²) in [5.74, 6) is -0.0414. The van der Waals surface area contributed by atoms with Crippen LogP contribution in [0.4, 0.5) is 0 Å². The summed E-state index contributed by atoms with van der Waals surface area (Å²) in [5.41, 5.74) is 0.877. The summed E-state index contributed by atoms with van der Waals surface area (Å²) in [7, 11) is 1.66. The van der Waals surface area contributed by atoms with Gasteiger partial charge in [0.15, 0.2) is 0 Å². The third-order valence-electron chi connectivity index (χ3n) is 1.36. The molecule has 1 rings (SSSR count). The minimum absolute atomic E-state index is 0.0414. The molecule has 0 aliphatic heterocycles. The van der Waals surface area contributed by atoms with Gasteiger partial charge in [0.1, 0.15) is 0 Å². The molecule has 0 fully saturated rings. The van der Waals surface area contributed by atoms with Crippen LogP contribution in [-0.2, 0) is 15.5 Å². The van der Waals surface area contributed by atoms with Gasteiger partial charge in [-0.05, 0) is 18.1 Å². The van der Waals surface area contributed by atoms with Crippen molar-refractivity contribution in [2.24, 2.45) is 0 Å². The Hall–Kier alpha value is -0.610. The highest BCUT2D eigenvalue weighted by Gasteiger charge is 2.04. The second-order valence-electron chi connectivity index (χ2n) is 2.35. The smallest absolute Gasteiger partial charge is 0.232 e. The molecule has 1 aromatic heterocycles. The minimum Gasteiger partial charge on any atom is -0.264 e. The molecule has 0 unspecified atom stereocenters. The first kappa shape index (κ1) is 9.48. The van der Waals surface area contributed by atoms with Crippen molar-refractivity contribution in [3.8, 4) is 0 Å². The van der Waals surface area contributed by atoms with E-state index in [9.17, 15) is 8.42 Å². The molecule has 0 N–H and O–H groups in total. The standard InChI is InChI=1S/C7H8ClNO2S/c8-12(10,11)5-3-7-2-1-4-9-6-7/h1-2,4,6H,3,5H2. The van der Waals surface area contributed by atoms with E-state index < -0.39 is 9.05 Å². The number of nitrogens with zero attached hydrogens (tertiary/aromatic N) is 1. The van der Waals surface area contributed by atoms with Crippen LogP contribution in [-0.4, -0.2) is 19.2 Å². The molecule has 66 valence electrons. The topological polar surface area (TPSA) is 47.0 Å². The maximum absolute atomic E-state index is 10.5. The summed E-state index contributed by atoms with van der Waals surface area (Å²) >= 11 is 0. The van der Waals surface area contributed by atoms with E-state index in [4.69, 9.17) is 10.7 Å². The highest BCUT2D eigenvalue weighted by atomic mass is 35.7. The minimum atomic E-state index is -3.38. The van der Waals surface area contributed by atoms with Crippen LogP contribution in [0.25, 0.3) is 0 Å². The molecule has 1 aromatic rings. The third kappa shape index (κ3) is 3.69. The fourth-order valence-corrected chi connectivity index (χ4v) is 1.50. The Morgan fingerprint density at radius 1 is 1.50 bits per heavy atom. The van der Waals surface area contributed by atoms with E-state index in [0.29, 0.717) is 6.42 Å². The molecule has 0 bridgehead atoms. The Bertz CT molecular complexity index is 336. The van der Waals surface area contributed by atoms with Gasteiger partial charge in [0.25, 0.3) is 0 Å². The highest BCUT2D eigenvalue weighted by Crippen LogP contribution is 2.02. The van der Waals surface area contributed by atoms with Gasteiger partial charge in [-0.25, -0.2) is 8.42 Å². The Labute approximate surface area is 75.8 Å². The molecule has 0 aliphatic rings. The van der Waals surface area contributed by atoms with E-state index in [1.54, 1.807) is 18.5 Å².